The highest BCUT2D eigenvalue weighted by Gasteiger charge is 2.17. The van der Waals surface area contributed by atoms with Gasteiger partial charge in [-0.1, -0.05) is 206 Å². The second kappa shape index (κ2) is 53.6. The molecule has 64 heavy (non-hydrogen) atoms. The summed E-state index contributed by atoms with van der Waals surface area (Å²) in [6, 6.07) is 0. The van der Waals surface area contributed by atoms with E-state index in [9.17, 15) is 9.59 Å². The first-order valence-corrected chi connectivity index (χ1v) is 26.1. The molecule has 0 aliphatic heterocycles. The molecule has 1 unspecified atom stereocenters. The molecule has 5 heteroatoms. The van der Waals surface area contributed by atoms with E-state index in [1.54, 1.807) is 0 Å². The largest absolute Gasteiger partial charge is 0.462 e. The molecule has 0 aromatic heterocycles. The van der Waals surface area contributed by atoms with Crippen molar-refractivity contribution in [1.29, 1.82) is 0 Å². The SMILES string of the molecule is CC/C=C\C/C=C\C/C=C\C/C=C\C/C=C\CCOCC(COC(=O)CCCCCCCCC/C=C\CCCCCCCC)OC(=O)CCCC/C=C\C/C=C\C/C=C\C/C=C\CC. The van der Waals surface area contributed by atoms with E-state index in [4.69, 9.17) is 14.2 Å². The fraction of sp³-hybridized carbons (Fsp3) is 0.627. The molecule has 0 amide bonds. The van der Waals surface area contributed by atoms with Gasteiger partial charge in [0.05, 0.1) is 13.2 Å². The average molecular weight is 885 g/mol. The van der Waals surface area contributed by atoms with Crippen LogP contribution >= 0.6 is 0 Å². The lowest BCUT2D eigenvalue weighted by atomic mass is 10.1. The lowest BCUT2D eigenvalue weighted by Gasteiger charge is -2.18. The van der Waals surface area contributed by atoms with Gasteiger partial charge in [-0.2, -0.15) is 0 Å². The lowest BCUT2D eigenvalue weighted by Crippen LogP contribution is -2.30. The number of allylic oxidation sites excluding steroid dienone is 19. The molecule has 362 valence electrons. The molecule has 0 N–H and O–H groups in total. The molecule has 0 fully saturated rings. The van der Waals surface area contributed by atoms with Crippen LogP contribution in [0.25, 0.3) is 0 Å². The maximum Gasteiger partial charge on any atom is 0.306 e. The van der Waals surface area contributed by atoms with Crippen molar-refractivity contribution in [2.24, 2.45) is 0 Å². The van der Waals surface area contributed by atoms with Crippen molar-refractivity contribution in [3.05, 3.63) is 122 Å². The minimum atomic E-state index is -0.607. The third-order valence-electron chi connectivity index (χ3n) is 10.5. The Hall–Kier alpha value is -3.70. The van der Waals surface area contributed by atoms with Crippen LogP contribution in [0.1, 0.15) is 213 Å². The van der Waals surface area contributed by atoms with Crippen molar-refractivity contribution >= 4 is 11.9 Å². The van der Waals surface area contributed by atoms with Gasteiger partial charge < -0.3 is 14.2 Å². The third-order valence-corrected chi connectivity index (χ3v) is 10.5. The summed E-state index contributed by atoms with van der Waals surface area (Å²) in [4.78, 5) is 25.4. The van der Waals surface area contributed by atoms with Crippen LogP contribution < -0.4 is 0 Å². The van der Waals surface area contributed by atoms with E-state index >= 15 is 0 Å². The molecule has 0 aromatic rings. The predicted octanol–water partition coefficient (Wildman–Crippen LogP) is 17.8. The summed E-state index contributed by atoms with van der Waals surface area (Å²) in [5.41, 5.74) is 0. The number of rotatable bonds is 46. The van der Waals surface area contributed by atoms with Gasteiger partial charge in [-0.3, -0.25) is 9.59 Å². The van der Waals surface area contributed by atoms with Crippen molar-refractivity contribution in [2.45, 2.75) is 219 Å². The Balaban J connectivity index is 4.47. The maximum absolute atomic E-state index is 12.8. The number of unbranched alkanes of at least 4 members (excludes halogenated alkanes) is 15. The molecule has 0 aromatic carbocycles. The zero-order chi connectivity index (χ0) is 46.3. The molecule has 0 spiro atoms. The molecule has 0 rings (SSSR count). The second-order valence-corrected chi connectivity index (χ2v) is 16.7. The number of carbonyl (C=O) groups is 2. The normalized spacial score (nSPS) is 13.2. The summed E-state index contributed by atoms with van der Waals surface area (Å²) < 4.78 is 17.3. The minimum absolute atomic E-state index is 0.0294. The highest BCUT2D eigenvalue weighted by Crippen LogP contribution is 2.13. The molecule has 0 saturated heterocycles. The molecule has 0 aliphatic rings. The summed E-state index contributed by atoms with van der Waals surface area (Å²) >= 11 is 0. The Morgan fingerprint density at radius 2 is 0.703 bits per heavy atom. The van der Waals surface area contributed by atoms with E-state index in [1.807, 2.05) is 0 Å². The fourth-order valence-corrected chi connectivity index (χ4v) is 6.68. The van der Waals surface area contributed by atoms with Gasteiger partial charge in [0.15, 0.2) is 6.10 Å². The van der Waals surface area contributed by atoms with Crippen molar-refractivity contribution in [3.8, 4) is 0 Å². The van der Waals surface area contributed by atoms with Crippen LogP contribution in [0.2, 0.25) is 0 Å². The minimum Gasteiger partial charge on any atom is -0.462 e. The van der Waals surface area contributed by atoms with Crippen LogP contribution in [0.4, 0.5) is 0 Å². The predicted molar refractivity (Wildman–Crippen MR) is 279 cm³/mol. The van der Waals surface area contributed by atoms with E-state index in [-0.39, 0.29) is 25.2 Å². The van der Waals surface area contributed by atoms with Crippen LogP contribution in [0, 0.1) is 0 Å². The van der Waals surface area contributed by atoms with Crippen molar-refractivity contribution < 1.29 is 23.8 Å². The Bertz CT molecular complexity index is 1320. The van der Waals surface area contributed by atoms with Crippen LogP contribution in [0.5, 0.6) is 0 Å². The fourth-order valence-electron chi connectivity index (χ4n) is 6.68. The number of hydrogen-bond acceptors (Lipinski definition) is 5. The molecule has 0 heterocycles. The standard InChI is InChI=1S/C59H96O5/c1-4-7-10-13-16-19-22-25-28-30-32-34-37-40-43-46-49-52-58(60)63-56-57(55-62-54-51-48-45-42-39-36-33-29-26-23-20-17-14-11-8-5-2)64-59(61)53-50-47-44-41-38-35-31-27-24-21-18-15-12-9-6-3/h8-9,11-12,17-18,20-21,25-29,31,36,38-39,41,45,48,57H,4-7,10,13-16,19,22-24,30,32-35,37,40,42-44,46-47,49-56H2,1-3H3/b11-8-,12-9-,20-17-,21-18-,28-25-,29-26-,31-27-,39-36-,41-38-,48-45-. The van der Waals surface area contributed by atoms with Crippen LogP contribution in [-0.2, 0) is 23.8 Å². The average Bonchev–Trinajstić information content (AvgIpc) is 3.30. The Kier molecular flexibility index (Phi) is 50.5. The molecular formula is C59H96O5. The third kappa shape index (κ3) is 50.9. The Morgan fingerprint density at radius 1 is 0.359 bits per heavy atom. The van der Waals surface area contributed by atoms with E-state index in [1.165, 1.54) is 77.0 Å². The number of ether oxygens (including phenoxy) is 3. The van der Waals surface area contributed by atoms with Crippen molar-refractivity contribution in [2.75, 3.05) is 19.8 Å². The topological polar surface area (TPSA) is 61.8 Å². The van der Waals surface area contributed by atoms with E-state index in [0.29, 0.717) is 19.4 Å². The van der Waals surface area contributed by atoms with Crippen LogP contribution in [0.15, 0.2) is 122 Å². The first kappa shape index (κ1) is 60.3. The lowest BCUT2D eigenvalue weighted by molar-refractivity contribution is -0.162. The smallest absolute Gasteiger partial charge is 0.306 e. The summed E-state index contributed by atoms with van der Waals surface area (Å²) in [5, 5.41) is 0. The number of carbonyl (C=O) groups excluding carboxylic acids is 2. The second-order valence-electron chi connectivity index (χ2n) is 16.7. The highest BCUT2D eigenvalue weighted by molar-refractivity contribution is 5.70. The summed E-state index contributed by atoms with van der Waals surface area (Å²) in [6.45, 7) is 7.32. The maximum atomic E-state index is 12.8. The monoisotopic (exact) mass is 885 g/mol. The molecular weight excluding hydrogens is 789 g/mol. The Morgan fingerprint density at radius 3 is 1.17 bits per heavy atom. The first-order valence-electron chi connectivity index (χ1n) is 26.1. The van der Waals surface area contributed by atoms with E-state index < -0.39 is 6.10 Å². The van der Waals surface area contributed by atoms with Crippen molar-refractivity contribution in [1.82, 2.24) is 0 Å². The summed E-state index contributed by atoms with van der Waals surface area (Å²) in [5.74, 6) is -0.498. The summed E-state index contributed by atoms with van der Waals surface area (Å²) in [7, 11) is 0. The molecule has 5 nitrogen and oxygen atoms in total. The number of hydrogen-bond donors (Lipinski definition) is 0. The molecule has 0 radical (unpaired) electrons. The van der Waals surface area contributed by atoms with Crippen molar-refractivity contribution in [3.63, 3.8) is 0 Å². The van der Waals surface area contributed by atoms with Gasteiger partial charge in [0.25, 0.3) is 0 Å². The summed E-state index contributed by atoms with van der Waals surface area (Å²) in [6.07, 6.45) is 75.2. The van der Waals surface area contributed by atoms with Gasteiger partial charge in [-0.05, 0) is 116 Å². The van der Waals surface area contributed by atoms with Gasteiger partial charge in [0.2, 0.25) is 0 Å². The van der Waals surface area contributed by atoms with E-state index in [2.05, 4.69) is 142 Å². The van der Waals surface area contributed by atoms with Crippen LogP contribution in [-0.4, -0.2) is 37.9 Å². The Labute approximate surface area is 395 Å². The van der Waals surface area contributed by atoms with E-state index in [0.717, 1.165) is 103 Å². The zero-order valence-electron chi connectivity index (χ0n) is 41.5. The van der Waals surface area contributed by atoms with Gasteiger partial charge in [0.1, 0.15) is 6.61 Å². The highest BCUT2D eigenvalue weighted by atomic mass is 16.6. The van der Waals surface area contributed by atoms with Gasteiger partial charge >= 0.3 is 11.9 Å². The van der Waals surface area contributed by atoms with Crippen LogP contribution in [0.3, 0.4) is 0 Å². The molecule has 0 bridgehead atoms. The van der Waals surface area contributed by atoms with Gasteiger partial charge in [-0.15, -0.1) is 0 Å². The van der Waals surface area contributed by atoms with Gasteiger partial charge in [-0.25, -0.2) is 0 Å². The quantitative estimate of drug-likeness (QED) is 0.0346. The van der Waals surface area contributed by atoms with Gasteiger partial charge in [0, 0.05) is 12.8 Å². The molecule has 1 atom stereocenters. The number of esters is 2. The molecule has 0 aliphatic carbocycles. The zero-order valence-corrected chi connectivity index (χ0v) is 41.5. The molecule has 0 saturated carbocycles. The first-order chi connectivity index (χ1) is 31.6.